The van der Waals surface area contributed by atoms with Crippen LogP contribution in [0.15, 0.2) is 33.5 Å². The highest BCUT2D eigenvalue weighted by Crippen LogP contribution is 2.27. The topological polar surface area (TPSA) is 83.9 Å². The normalized spacial score (nSPS) is 10.7. The van der Waals surface area contributed by atoms with E-state index in [-0.39, 0.29) is 5.15 Å². The Morgan fingerprint density at radius 3 is 3.10 bits per heavy atom. The van der Waals surface area contributed by atoms with Crippen molar-refractivity contribution in [2.45, 2.75) is 6.54 Å². The summed E-state index contributed by atoms with van der Waals surface area (Å²) in [7, 11) is 0. The summed E-state index contributed by atoms with van der Waals surface area (Å²) in [5.74, 6) is -0.402. The second kappa shape index (κ2) is 5.60. The number of nitrogens with one attached hydrogen (secondary N) is 1. The van der Waals surface area contributed by atoms with E-state index in [9.17, 15) is 4.79 Å². The number of halogens is 1. The molecule has 3 rings (SSSR count). The molecule has 0 aliphatic rings. The summed E-state index contributed by atoms with van der Waals surface area (Å²) in [5, 5.41) is 12.8. The molecule has 3 aromatic rings. The van der Waals surface area contributed by atoms with E-state index in [1.54, 1.807) is 6.07 Å². The second-order valence-corrected chi connectivity index (χ2v) is 5.33. The fraction of sp³-hybridized carbons (Fsp3) is 0.154. The van der Waals surface area contributed by atoms with E-state index in [0.717, 1.165) is 17.0 Å². The van der Waals surface area contributed by atoms with Crippen LogP contribution in [0.1, 0.15) is 5.56 Å². The molecule has 0 fully saturated rings. The van der Waals surface area contributed by atoms with Gasteiger partial charge >= 0.3 is 5.76 Å². The number of nitrogens with zero attached hydrogens (tertiary/aromatic N) is 3. The number of benzene rings is 1. The first-order valence-electron chi connectivity index (χ1n) is 6.08. The van der Waals surface area contributed by atoms with Crippen LogP contribution >= 0.6 is 23.1 Å². The van der Waals surface area contributed by atoms with Crippen molar-refractivity contribution in [3.8, 4) is 6.07 Å². The third kappa shape index (κ3) is 2.51. The largest absolute Gasteiger partial charge is 0.420 e. The number of para-hydroxylation sites is 2. The Labute approximate surface area is 128 Å². The van der Waals surface area contributed by atoms with Crippen LogP contribution in [0, 0.1) is 11.3 Å². The van der Waals surface area contributed by atoms with Gasteiger partial charge in [0.2, 0.25) is 0 Å². The Morgan fingerprint density at radius 1 is 1.48 bits per heavy atom. The summed E-state index contributed by atoms with van der Waals surface area (Å²) in [6, 6.07) is 9.22. The molecule has 2 aromatic heterocycles. The number of nitriles is 1. The number of anilines is 1. The summed E-state index contributed by atoms with van der Waals surface area (Å²) in [6.45, 7) is 0.868. The molecule has 0 bridgehead atoms. The maximum atomic E-state index is 11.8. The molecule has 1 N–H and O–H groups in total. The van der Waals surface area contributed by atoms with Gasteiger partial charge in [0.05, 0.1) is 5.52 Å². The van der Waals surface area contributed by atoms with E-state index in [1.165, 1.54) is 4.57 Å². The molecule has 0 amide bonds. The van der Waals surface area contributed by atoms with Crippen LogP contribution < -0.4 is 11.1 Å². The van der Waals surface area contributed by atoms with Crippen molar-refractivity contribution in [3.63, 3.8) is 0 Å². The third-order valence-electron chi connectivity index (χ3n) is 2.96. The zero-order chi connectivity index (χ0) is 14.8. The van der Waals surface area contributed by atoms with Crippen molar-refractivity contribution in [2.75, 3.05) is 11.9 Å². The van der Waals surface area contributed by atoms with Gasteiger partial charge in [0.1, 0.15) is 16.6 Å². The molecule has 0 saturated carbocycles. The summed E-state index contributed by atoms with van der Waals surface area (Å²) in [4.78, 5) is 11.8. The molecule has 0 radical (unpaired) electrons. The summed E-state index contributed by atoms with van der Waals surface area (Å²) < 4.78 is 10.6. The summed E-state index contributed by atoms with van der Waals surface area (Å²) >= 11 is 6.91. The van der Waals surface area contributed by atoms with Gasteiger partial charge in [-0.3, -0.25) is 4.57 Å². The highest BCUT2D eigenvalue weighted by Gasteiger charge is 2.12. The minimum atomic E-state index is -0.402. The van der Waals surface area contributed by atoms with Crippen molar-refractivity contribution in [3.05, 3.63) is 45.5 Å². The molecule has 6 nitrogen and oxygen atoms in total. The van der Waals surface area contributed by atoms with E-state index in [1.807, 2.05) is 24.3 Å². The zero-order valence-corrected chi connectivity index (χ0v) is 12.2. The lowest BCUT2D eigenvalue weighted by atomic mass is 10.3. The van der Waals surface area contributed by atoms with Gasteiger partial charge in [0.25, 0.3) is 0 Å². The average Bonchev–Trinajstić information content (AvgIpc) is 2.99. The molecule has 0 saturated heterocycles. The molecule has 106 valence electrons. The van der Waals surface area contributed by atoms with Crippen LogP contribution in [0.5, 0.6) is 0 Å². The van der Waals surface area contributed by atoms with Crippen molar-refractivity contribution in [2.24, 2.45) is 0 Å². The Morgan fingerprint density at radius 2 is 2.29 bits per heavy atom. The number of rotatable bonds is 4. The smallest absolute Gasteiger partial charge is 0.408 e. The van der Waals surface area contributed by atoms with Crippen molar-refractivity contribution in [1.82, 2.24) is 8.94 Å². The quantitative estimate of drug-likeness (QED) is 0.799. The van der Waals surface area contributed by atoms with Crippen LogP contribution in [-0.4, -0.2) is 15.5 Å². The first-order valence-corrected chi connectivity index (χ1v) is 7.23. The molecular formula is C13H9ClN4O2S. The second-order valence-electron chi connectivity index (χ2n) is 4.20. The number of hydrogen-bond acceptors (Lipinski definition) is 6. The fourth-order valence-corrected chi connectivity index (χ4v) is 2.95. The van der Waals surface area contributed by atoms with E-state index < -0.39 is 5.76 Å². The first-order chi connectivity index (χ1) is 10.2. The summed E-state index contributed by atoms with van der Waals surface area (Å²) in [5.41, 5.74) is 1.62. The van der Waals surface area contributed by atoms with E-state index >= 15 is 0 Å². The lowest BCUT2D eigenvalue weighted by Gasteiger charge is -2.04. The van der Waals surface area contributed by atoms with Crippen LogP contribution in [0.3, 0.4) is 0 Å². The van der Waals surface area contributed by atoms with Crippen molar-refractivity contribution >= 4 is 39.2 Å². The predicted molar refractivity (Wildman–Crippen MR) is 80.8 cm³/mol. The van der Waals surface area contributed by atoms with E-state index in [4.69, 9.17) is 21.3 Å². The van der Waals surface area contributed by atoms with Gasteiger partial charge in [0, 0.05) is 13.1 Å². The molecule has 0 aliphatic heterocycles. The molecule has 0 aliphatic carbocycles. The Kier molecular flexibility index (Phi) is 3.64. The highest BCUT2D eigenvalue weighted by molar-refractivity contribution is 7.10. The van der Waals surface area contributed by atoms with Gasteiger partial charge < -0.3 is 9.73 Å². The van der Waals surface area contributed by atoms with Crippen LogP contribution in [0.25, 0.3) is 11.1 Å². The monoisotopic (exact) mass is 320 g/mol. The predicted octanol–water partition coefficient (Wildman–Crippen LogP) is 2.69. The Hall–Kier alpha value is -2.30. The fourth-order valence-electron chi connectivity index (χ4n) is 2.00. The number of hydrogen-bond donors (Lipinski definition) is 1. The Balaban J connectivity index is 1.77. The molecule has 2 heterocycles. The van der Waals surface area contributed by atoms with Gasteiger partial charge in [-0.15, -0.1) is 0 Å². The molecular weight excluding hydrogens is 312 g/mol. The molecule has 8 heteroatoms. The number of oxazole rings is 1. The minimum absolute atomic E-state index is 0.191. The first kappa shape index (κ1) is 13.7. The number of fused-ring (bicyclic) bond motifs is 1. The number of aromatic nitrogens is 2. The zero-order valence-electron chi connectivity index (χ0n) is 10.7. The van der Waals surface area contributed by atoms with Crippen LogP contribution in [0.4, 0.5) is 5.00 Å². The molecule has 1 aromatic carbocycles. The van der Waals surface area contributed by atoms with Gasteiger partial charge in [-0.1, -0.05) is 23.7 Å². The SMILES string of the molecule is N#Cc1c(Cl)nsc1NCCn1c(=O)oc2ccccc21. The minimum Gasteiger partial charge on any atom is -0.408 e. The maximum absolute atomic E-state index is 11.8. The highest BCUT2D eigenvalue weighted by atomic mass is 35.5. The van der Waals surface area contributed by atoms with E-state index in [0.29, 0.717) is 29.2 Å². The molecule has 0 spiro atoms. The lowest BCUT2D eigenvalue weighted by Crippen LogP contribution is -2.19. The van der Waals surface area contributed by atoms with Gasteiger partial charge in [-0.25, -0.2) is 4.79 Å². The Bertz CT molecular complexity index is 890. The maximum Gasteiger partial charge on any atom is 0.420 e. The molecule has 0 atom stereocenters. The average molecular weight is 321 g/mol. The van der Waals surface area contributed by atoms with Gasteiger partial charge in [-0.2, -0.15) is 9.64 Å². The van der Waals surface area contributed by atoms with Crippen LogP contribution in [-0.2, 0) is 6.54 Å². The van der Waals surface area contributed by atoms with E-state index in [2.05, 4.69) is 9.69 Å². The lowest BCUT2D eigenvalue weighted by molar-refractivity contribution is 0.510. The van der Waals surface area contributed by atoms with Gasteiger partial charge in [-0.05, 0) is 23.7 Å². The molecule has 0 unspecified atom stereocenters. The third-order valence-corrected chi connectivity index (χ3v) is 4.14. The summed E-state index contributed by atoms with van der Waals surface area (Å²) in [6.07, 6.45) is 0. The standard InChI is InChI=1S/C13H9ClN4O2S/c14-11-8(7-15)12(21-17-11)16-5-6-18-9-3-1-2-4-10(9)20-13(18)19/h1-4,16H,5-6H2. The van der Waals surface area contributed by atoms with Gasteiger partial charge in [0.15, 0.2) is 10.7 Å². The molecule has 21 heavy (non-hydrogen) atoms. The van der Waals surface area contributed by atoms with Crippen molar-refractivity contribution < 1.29 is 4.42 Å². The van der Waals surface area contributed by atoms with Crippen LogP contribution in [0.2, 0.25) is 5.15 Å². The van der Waals surface area contributed by atoms with Crippen molar-refractivity contribution in [1.29, 1.82) is 5.26 Å².